The SMILES string of the molecule is CC(O)c1cc(F)c(F)c(F)c1F. The van der Waals surface area contributed by atoms with Gasteiger partial charge in [0, 0.05) is 5.56 Å². The molecule has 0 aliphatic rings. The lowest BCUT2D eigenvalue weighted by Crippen LogP contribution is -2.04. The van der Waals surface area contributed by atoms with Crippen LogP contribution in [-0.2, 0) is 0 Å². The van der Waals surface area contributed by atoms with E-state index in [-0.39, 0.29) is 0 Å². The predicted molar refractivity (Wildman–Crippen MR) is 36.9 cm³/mol. The van der Waals surface area contributed by atoms with Crippen molar-refractivity contribution in [2.75, 3.05) is 0 Å². The van der Waals surface area contributed by atoms with Crippen LogP contribution in [0.5, 0.6) is 0 Å². The molecule has 0 spiro atoms. The van der Waals surface area contributed by atoms with E-state index in [1.54, 1.807) is 0 Å². The van der Waals surface area contributed by atoms with Gasteiger partial charge in [0.05, 0.1) is 6.10 Å². The maximum atomic E-state index is 12.8. The largest absolute Gasteiger partial charge is 0.389 e. The van der Waals surface area contributed by atoms with Crippen LogP contribution in [0.25, 0.3) is 0 Å². The van der Waals surface area contributed by atoms with Gasteiger partial charge in [-0.2, -0.15) is 0 Å². The molecular weight excluding hydrogens is 188 g/mol. The molecule has 72 valence electrons. The Morgan fingerprint density at radius 2 is 1.62 bits per heavy atom. The molecule has 1 aromatic rings. The van der Waals surface area contributed by atoms with Gasteiger partial charge in [-0.05, 0) is 13.0 Å². The Bertz CT molecular complexity index is 335. The van der Waals surface area contributed by atoms with E-state index < -0.39 is 34.9 Å². The van der Waals surface area contributed by atoms with Gasteiger partial charge in [0.2, 0.25) is 0 Å². The second-order valence-corrected chi connectivity index (χ2v) is 2.57. The van der Waals surface area contributed by atoms with Crippen molar-refractivity contribution >= 4 is 0 Å². The molecule has 1 unspecified atom stereocenters. The average Bonchev–Trinajstić information content (AvgIpc) is 2.07. The van der Waals surface area contributed by atoms with Crippen LogP contribution in [0.4, 0.5) is 17.6 Å². The monoisotopic (exact) mass is 194 g/mol. The van der Waals surface area contributed by atoms with Crippen LogP contribution in [0.15, 0.2) is 6.07 Å². The number of aliphatic hydroxyl groups excluding tert-OH is 1. The fourth-order valence-corrected chi connectivity index (χ4v) is 0.895. The quantitative estimate of drug-likeness (QED) is 0.413. The van der Waals surface area contributed by atoms with Crippen LogP contribution in [0.1, 0.15) is 18.6 Å². The minimum absolute atomic E-state index is 0.429. The van der Waals surface area contributed by atoms with E-state index in [1.165, 1.54) is 0 Å². The molecule has 5 heteroatoms. The summed E-state index contributed by atoms with van der Waals surface area (Å²) in [6.45, 7) is 1.12. The van der Waals surface area contributed by atoms with Crippen molar-refractivity contribution in [2.24, 2.45) is 0 Å². The van der Waals surface area contributed by atoms with Gasteiger partial charge in [-0.3, -0.25) is 0 Å². The second-order valence-electron chi connectivity index (χ2n) is 2.57. The molecule has 0 heterocycles. The highest BCUT2D eigenvalue weighted by molar-refractivity contribution is 5.23. The highest BCUT2D eigenvalue weighted by atomic mass is 19.2. The van der Waals surface area contributed by atoms with E-state index in [2.05, 4.69) is 0 Å². The first kappa shape index (κ1) is 9.98. The molecule has 0 bridgehead atoms. The molecule has 0 saturated heterocycles. The molecule has 0 fully saturated rings. The molecule has 1 N–H and O–H groups in total. The number of hydrogen-bond donors (Lipinski definition) is 1. The van der Waals surface area contributed by atoms with Gasteiger partial charge in [0.1, 0.15) is 0 Å². The fourth-order valence-electron chi connectivity index (χ4n) is 0.895. The Morgan fingerprint density at radius 1 is 1.08 bits per heavy atom. The third-order valence-electron chi connectivity index (χ3n) is 1.58. The van der Waals surface area contributed by atoms with E-state index in [0.29, 0.717) is 6.07 Å². The molecular formula is C8H6F4O. The summed E-state index contributed by atoms with van der Waals surface area (Å²) in [6, 6.07) is 0.429. The van der Waals surface area contributed by atoms with Gasteiger partial charge in [-0.1, -0.05) is 0 Å². The molecule has 0 radical (unpaired) electrons. The van der Waals surface area contributed by atoms with E-state index in [9.17, 15) is 17.6 Å². The molecule has 1 aromatic carbocycles. The van der Waals surface area contributed by atoms with E-state index >= 15 is 0 Å². The van der Waals surface area contributed by atoms with E-state index in [1.807, 2.05) is 0 Å². The summed E-state index contributed by atoms with van der Waals surface area (Å²) in [4.78, 5) is 0. The van der Waals surface area contributed by atoms with Crippen LogP contribution in [0.2, 0.25) is 0 Å². The maximum Gasteiger partial charge on any atom is 0.197 e. The first-order chi connectivity index (χ1) is 5.95. The van der Waals surface area contributed by atoms with Crippen molar-refractivity contribution in [3.63, 3.8) is 0 Å². The van der Waals surface area contributed by atoms with Gasteiger partial charge >= 0.3 is 0 Å². The molecule has 0 amide bonds. The molecule has 0 aliphatic carbocycles. The summed E-state index contributed by atoms with van der Waals surface area (Å²) in [5.41, 5.74) is -0.601. The van der Waals surface area contributed by atoms with Crippen LogP contribution in [0.3, 0.4) is 0 Å². The number of halogens is 4. The Balaban J connectivity index is 3.41. The molecule has 0 saturated carbocycles. The smallest absolute Gasteiger partial charge is 0.197 e. The van der Waals surface area contributed by atoms with Gasteiger partial charge in [0.25, 0.3) is 0 Å². The average molecular weight is 194 g/mol. The lowest BCUT2D eigenvalue weighted by atomic mass is 10.1. The first-order valence-electron chi connectivity index (χ1n) is 3.46. The molecule has 1 nitrogen and oxygen atoms in total. The summed E-state index contributed by atoms with van der Waals surface area (Å²) in [5, 5.41) is 8.85. The zero-order valence-electron chi connectivity index (χ0n) is 6.61. The minimum Gasteiger partial charge on any atom is -0.389 e. The lowest BCUT2D eigenvalue weighted by molar-refractivity contribution is 0.191. The van der Waals surface area contributed by atoms with Gasteiger partial charge in [-0.15, -0.1) is 0 Å². The Kier molecular flexibility index (Phi) is 2.56. The predicted octanol–water partition coefficient (Wildman–Crippen LogP) is 2.30. The number of benzene rings is 1. The van der Waals surface area contributed by atoms with Crippen molar-refractivity contribution in [3.8, 4) is 0 Å². The molecule has 13 heavy (non-hydrogen) atoms. The van der Waals surface area contributed by atoms with Crippen LogP contribution >= 0.6 is 0 Å². The molecule has 1 rings (SSSR count). The molecule has 0 aromatic heterocycles. The Hall–Kier alpha value is -1.10. The zero-order chi connectivity index (χ0) is 10.2. The summed E-state index contributed by atoms with van der Waals surface area (Å²) in [5.74, 6) is -6.86. The zero-order valence-corrected chi connectivity index (χ0v) is 6.61. The Labute approximate surface area is 71.6 Å². The van der Waals surface area contributed by atoms with E-state index in [4.69, 9.17) is 5.11 Å². The highest BCUT2D eigenvalue weighted by Crippen LogP contribution is 2.23. The third-order valence-corrected chi connectivity index (χ3v) is 1.58. The lowest BCUT2D eigenvalue weighted by Gasteiger charge is -2.07. The minimum atomic E-state index is -1.91. The van der Waals surface area contributed by atoms with Crippen molar-refractivity contribution in [1.29, 1.82) is 0 Å². The number of rotatable bonds is 1. The van der Waals surface area contributed by atoms with Crippen LogP contribution < -0.4 is 0 Å². The van der Waals surface area contributed by atoms with Gasteiger partial charge < -0.3 is 5.11 Å². The molecule has 1 atom stereocenters. The highest BCUT2D eigenvalue weighted by Gasteiger charge is 2.20. The van der Waals surface area contributed by atoms with Gasteiger partial charge in [-0.25, -0.2) is 17.6 Å². The summed E-state index contributed by atoms with van der Waals surface area (Å²) in [7, 11) is 0. The van der Waals surface area contributed by atoms with Crippen LogP contribution in [0, 0.1) is 23.3 Å². The topological polar surface area (TPSA) is 20.2 Å². The van der Waals surface area contributed by atoms with Crippen LogP contribution in [-0.4, -0.2) is 5.11 Å². The molecule has 0 aliphatic heterocycles. The van der Waals surface area contributed by atoms with Gasteiger partial charge in [0.15, 0.2) is 23.3 Å². The second kappa shape index (κ2) is 3.33. The van der Waals surface area contributed by atoms with E-state index in [0.717, 1.165) is 6.92 Å². The van der Waals surface area contributed by atoms with Crippen molar-refractivity contribution in [1.82, 2.24) is 0 Å². The third kappa shape index (κ3) is 1.65. The summed E-state index contributed by atoms with van der Waals surface area (Å²) in [6.07, 6.45) is -1.38. The van der Waals surface area contributed by atoms with Crippen molar-refractivity contribution in [3.05, 3.63) is 34.9 Å². The van der Waals surface area contributed by atoms with Crippen molar-refractivity contribution < 1.29 is 22.7 Å². The standard InChI is InChI=1S/C8H6F4O/c1-3(13)4-2-5(9)7(11)8(12)6(4)10/h2-3,13H,1H3. The van der Waals surface area contributed by atoms with Crippen molar-refractivity contribution in [2.45, 2.75) is 13.0 Å². The number of hydrogen-bond acceptors (Lipinski definition) is 1. The fraction of sp³-hybridized carbons (Fsp3) is 0.250. The number of aliphatic hydroxyl groups is 1. The summed E-state index contributed by atoms with van der Waals surface area (Å²) >= 11 is 0. The Morgan fingerprint density at radius 3 is 2.08 bits per heavy atom. The first-order valence-corrected chi connectivity index (χ1v) is 3.46. The maximum absolute atomic E-state index is 12.8. The summed E-state index contributed by atoms with van der Waals surface area (Å²) < 4.78 is 50.1. The normalized spacial score (nSPS) is 13.1.